The lowest BCUT2D eigenvalue weighted by Gasteiger charge is -2.38. The van der Waals surface area contributed by atoms with Crippen molar-refractivity contribution in [3.8, 4) is 0 Å². The van der Waals surface area contributed by atoms with Crippen LogP contribution in [-0.4, -0.2) is 51.4 Å². The number of nitrogens with zero attached hydrogens (tertiary/aromatic N) is 2. The highest BCUT2D eigenvalue weighted by Gasteiger charge is 2.33. The third-order valence-electron chi connectivity index (χ3n) is 5.05. The van der Waals surface area contributed by atoms with E-state index in [9.17, 15) is 13.2 Å². The molecule has 0 spiro atoms. The van der Waals surface area contributed by atoms with Crippen LogP contribution in [0, 0.1) is 5.92 Å². The van der Waals surface area contributed by atoms with Crippen LogP contribution < -0.4 is 9.62 Å². The van der Waals surface area contributed by atoms with Crippen molar-refractivity contribution in [3.05, 3.63) is 59.6 Å². The molecule has 1 saturated heterocycles. The van der Waals surface area contributed by atoms with Gasteiger partial charge in [0.15, 0.2) is 0 Å². The molecule has 1 aliphatic rings. The van der Waals surface area contributed by atoms with Gasteiger partial charge in [0.2, 0.25) is 15.9 Å². The van der Waals surface area contributed by atoms with Gasteiger partial charge in [-0.25, -0.2) is 8.42 Å². The van der Waals surface area contributed by atoms with E-state index in [0.29, 0.717) is 31.2 Å². The molecule has 1 N–H and O–H groups in total. The van der Waals surface area contributed by atoms with Crippen LogP contribution >= 0.6 is 11.6 Å². The molecule has 1 unspecified atom stereocenters. The van der Waals surface area contributed by atoms with Crippen LogP contribution in [0.2, 0.25) is 5.02 Å². The van der Waals surface area contributed by atoms with E-state index in [1.807, 2.05) is 38.1 Å². The first kappa shape index (κ1) is 21.6. The number of para-hydroxylation sites is 1. The lowest BCUT2D eigenvalue weighted by Crippen LogP contribution is -2.56. The van der Waals surface area contributed by atoms with Crippen molar-refractivity contribution in [2.24, 2.45) is 5.92 Å². The molecule has 1 heterocycles. The highest BCUT2D eigenvalue weighted by Crippen LogP contribution is 2.26. The van der Waals surface area contributed by atoms with Crippen LogP contribution in [0.15, 0.2) is 59.5 Å². The van der Waals surface area contributed by atoms with Crippen LogP contribution in [0.25, 0.3) is 0 Å². The van der Waals surface area contributed by atoms with Crippen molar-refractivity contribution in [1.29, 1.82) is 0 Å². The Bertz CT molecular complexity index is 943. The van der Waals surface area contributed by atoms with Crippen molar-refractivity contribution in [3.63, 3.8) is 0 Å². The van der Waals surface area contributed by atoms with Crippen LogP contribution in [0.3, 0.4) is 0 Å². The van der Waals surface area contributed by atoms with Crippen molar-refractivity contribution in [2.75, 3.05) is 31.1 Å². The molecule has 0 aliphatic carbocycles. The Morgan fingerprint density at radius 1 is 0.966 bits per heavy atom. The van der Waals surface area contributed by atoms with E-state index < -0.39 is 16.1 Å². The van der Waals surface area contributed by atoms with E-state index in [2.05, 4.69) is 9.62 Å². The molecular weight excluding hydrogens is 410 g/mol. The number of sulfonamides is 1. The van der Waals surface area contributed by atoms with Gasteiger partial charge in [0.25, 0.3) is 0 Å². The summed E-state index contributed by atoms with van der Waals surface area (Å²) >= 11 is 6.28. The first-order valence-corrected chi connectivity index (χ1v) is 11.5. The standard InChI is InChI=1S/C21H26ClN3O3S/c1-16(2)20(23-29(27,28)17-8-4-3-5-9-17)21(26)25-14-12-24(13-15-25)19-11-7-6-10-18(19)22/h3-11,16,20,23H,12-15H2,1-2H3. The molecule has 0 radical (unpaired) electrons. The summed E-state index contributed by atoms with van der Waals surface area (Å²) < 4.78 is 28.0. The molecule has 3 rings (SSSR count). The maximum atomic E-state index is 13.1. The van der Waals surface area contributed by atoms with Gasteiger partial charge in [0, 0.05) is 26.2 Å². The second-order valence-electron chi connectivity index (χ2n) is 7.42. The fourth-order valence-corrected chi connectivity index (χ4v) is 4.99. The van der Waals surface area contributed by atoms with Crippen molar-refractivity contribution >= 4 is 33.2 Å². The molecule has 0 bridgehead atoms. The van der Waals surface area contributed by atoms with E-state index in [-0.39, 0.29) is 16.7 Å². The molecule has 2 aromatic rings. The van der Waals surface area contributed by atoms with Crippen LogP contribution in [-0.2, 0) is 14.8 Å². The van der Waals surface area contributed by atoms with Gasteiger partial charge >= 0.3 is 0 Å². The van der Waals surface area contributed by atoms with Gasteiger partial charge in [-0.3, -0.25) is 4.79 Å². The fraction of sp³-hybridized carbons (Fsp3) is 0.381. The van der Waals surface area contributed by atoms with E-state index in [1.165, 1.54) is 12.1 Å². The summed E-state index contributed by atoms with van der Waals surface area (Å²) in [6.07, 6.45) is 0. The van der Waals surface area contributed by atoms with Gasteiger partial charge in [-0.05, 0) is 30.2 Å². The molecule has 0 saturated carbocycles. The third kappa shape index (κ3) is 5.10. The highest BCUT2D eigenvalue weighted by atomic mass is 35.5. The summed E-state index contributed by atoms with van der Waals surface area (Å²) in [7, 11) is -3.77. The number of hydrogen-bond donors (Lipinski definition) is 1. The average molecular weight is 436 g/mol. The summed E-state index contributed by atoms with van der Waals surface area (Å²) in [5.41, 5.74) is 0.950. The van der Waals surface area contributed by atoms with Gasteiger partial charge in [0.1, 0.15) is 6.04 Å². The Morgan fingerprint density at radius 2 is 1.55 bits per heavy atom. The lowest BCUT2D eigenvalue weighted by molar-refractivity contribution is -0.134. The molecule has 1 atom stereocenters. The first-order valence-electron chi connectivity index (χ1n) is 9.65. The molecule has 0 aromatic heterocycles. The van der Waals surface area contributed by atoms with Crippen molar-refractivity contribution in [1.82, 2.24) is 9.62 Å². The number of rotatable bonds is 6. The van der Waals surface area contributed by atoms with Gasteiger partial charge in [-0.2, -0.15) is 4.72 Å². The van der Waals surface area contributed by atoms with E-state index in [4.69, 9.17) is 11.6 Å². The number of carbonyl (C=O) groups excluding carboxylic acids is 1. The van der Waals surface area contributed by atoms with Crippen LogP contribution in [0.5, 0.6) is 0 Å². The Hall–Kier alpha value is -2.09. The predicted molar refractivity (Wildman–Crippen MR) is 116 cm³/mol. The smallest absolute Gasteiger partial charge is 0.241 e. The van der Waals surface area contributed by atoms with Crippen molar-refractivity contribution < 1.29 is 13.2 Å². The number of nitrogens with one attached hydrogen (secondary N) is 1. The Morgan fingerprint density at radius 3 is 2.14 bits per heavy atom. The minimum atomic E-state index is -3.77. The van der Waals surface area contributed by atoms with Gasteiger partial charge in [0.05, 0.1) is 15.6 Å². The fourth-order valence-electron chi connectivity index (χ4n) is 3.38. The van der Waals surface area contributed by atoms with E-state index >= 15 is 0 Å². The van der Waals surface area contributed by atoms with Crippen molar-refractivity contribution in [2.45, 2.75) is 24.8 Å². The quantitative estimate of drug-likeness (QED) is 0.757. The molecule has 1 fully saturated rings. The molecule has 6 nitrogen and oxygen atoms in total. The maximum absolute atomic E-state index is 13.1. The number of amides is 1. The normalized spacial score (nSPS) is 16.1. The molecular formula is C21H26ClN3O3S. The molecule has 2 aromatic carbocycles. The minimum absolute atomic E-state index is 0.155. The largest absolute Gasteiger partial charge is 0.367 e. The summed E-state index contributed by atoms with van der Waals surface area (Å²) in [6, 6.07) is 14.9. The Balaban J connectivity index is 1.68. The summed E-state index contributed by atoms with van der Waals surface area (Å²) in [5.74, 6) is -0.374. The average Bonchev–Trinajstić information content (AvgIpc) is 2.72. The van der Waals surface area contributed by atoms with Gasteiger partial charge < -0.3 is 9.80 Å². The second kappa shape index (κ2) is 9.15. The van der Waals surface area contributed by atoms with Gasteiger partial charge in [-0.15, -0.1) is 0 Å². The SMILES string of the molecule is CC(C)C(NS(=O)(=O)c1ccccc1)C(=O)N1CCN(c2ccccc2Cl)CC1. The molecule has 156 valence electrons. The zero-order chi connectivity index (χ0) is 21.0. The highest BCUT2D eigenvalue weighted by molar-refractivity contribution is 7.89. The molecule has 8 heteroatoms. The van der Waals surface area contributed by atoms with Crippen LogP contribution in [0.1, 0.15) is 13.8 Å². The van der Waals surface area contributed by atoms with Gasteiger partial charge in [-0.1, -0.05) is 55.8 Å². The number of piperazine rings is 1. The Labute approximate surface area is 177 Å². The summed E-state index contributed by atoms with van der Waals surface area (Å²) in [6.45, 7) is 6.00. The number of hydrogen-bond acceptors (Lipinski definition) is 4. The lowest BCUT2D eigenvalue weighted by atomic mass is 10.0. The first-order chi connectivity index (χ1) is 13.8. The number of benzene rings is 2. The Kier molecular flexibility index (Phi) is 6.82. The molecule has 1 amide bonds. The number of halogens is 1. The molecule has 29 heavy (non-hydrogen) atoms. The second-order valence-corrected chi connectivity index (χ2v) is 9.54. The maximum Gasteiger partial charge on any atom is 0.241 e. The topological polar surface area (TPSA) is 69.7 Å². The van der Waals surface area contributed by atoms with Crippen LogP contribution in [0.4, 0.5) is 5.69 Å². The zero-order valence-electron chi connectivity index (χ0n) is 16.6. The van der Waals surface area contributed by atoms with E-state index in [0.717, 1.165) is 5.69 Å². The van der Waals surface area contributed by atoms with E-state index in [1.54, 1.807) is 23.1 Å². The predicted octanol–water partition coefficient (Wildman–Crippen LogP) is 2.99. The summed E-state index contributed by atoms with van der Waals surface area (Å²) in [4.78, 5) is 17.1. The number of anilines is 1. The monoisotopic (exact) mass is 435 g/mol. The third-order valence-corrected chi connectivity index (χ3v) is 6.83. The number of carbonyl (C=O) groups is 1. The molecule has 1 aliphatic heterocycles. The summed E-state index contributed by atoms with van der Waals surface area (Å²) in [5, 5.41) is 0.683. The zero-order valence-corrected chi connectivity index (χ0v) is 18.2. The minimum Gasteiger partial charge on any atom is -0.367 e.